The van der Waals surface area contributed by atoms with E-state index in [9.17, 15) is 4.79 Å². The number of hydrogen-bond donors (Lipinski definition) is 2. The van der Waals surface area contributed by atoms with Crippen molar-refractivity contribution >= 4 is 11.6 Å². The molecular weight excluding hydrogens is 284 g/mol. The summed E-state index contributed by atoms with van der Waals surface area (Å²) >= 11 is 0. The zero-order valence-corrected chi connectivity index (χ0v) is 14.2. The van der Waals surface area contributed by atoms with Crippen molar-refractivity contribution in [2.45, 2.75) is 39.2 Å². The summed E-state index contributed by atoms with van der Waals surface area (Å²) in [6.45, 7) is 6.69. The van der Waals surface area contributed by atoms with Crippen LogP contribution in [0.15, 0.2) is 54.6 Å². The third-order valence-corrected chi connectivity index (χ3v) is 3.98. The quantitative estimate of drug-likeness (QED) is 0.791. The predicted molar refractivity (Wildman–Crippen MR) is 96.6 cm³/mol. The summed E-state index contributed by atoms with van der Waals surface area (Å²) in [6, 6.07) is 18.4. The van der Waals surface area contributed by atoms with E-state index in [2.05, 4.69) is 49.6 Å². The average Bonchev–Trinajstić information content (AvgIpc) is 2.56. The van der Waals surface area contributed by atoms with Gasteiger partial charge < -0.3 is 10.6 Å². The Morgan fingerprint density at radius 2 is 1.65 bits per heavy atom. The maximum absolute atomic E-state index is 12.3. The van der Waals surface area contributed by atoms with Gasteiger partial charge in [-0.05, 0) is 29.5 Å². The van der Waals surface area contributed by atoms with Crippen LogP contribution in [0.1, 0.15) is 50.3 Å². The van der Waals surface area contributed by atoms with Crippen LogP contribution in [-0.4, -0.2) is 12.5 Å². The number of hydrogen-bond acceptors (Lipinski definition) is 2. The molecule has 1 unspecified atom stereocenters. The minimum Gasteiger partial charge on any atom is -0.325 e. The number of rotatable bonds is 7. The second-order valence-corrected chi connectivity index (χ2v) is 6.04. The molecule has 122 valence electrons. The van der Waals surface area contributed by atoms with Gasteiger partial charge in [0.15, 0.2) is 0 Å². The number of anilines is 1. The van der Waals surface area contributed by atoms with Crippen LogP contribution < -0.4 is 10.6 Å². The first-order valence-corrected chi connectivity index (χ1v) is 8.29. The summed E-state index contributed by atoms with van der Waals surface area (Å²) in [5, 5.41) is 6.36. The lowest BCUT2D eigenvalue weighted by molar-refractivity contribution is -0.115. The highest BCUT2D eigenvalue weighted by atomic mass is 16.1. The van der Waals surface area contributed by atoms with Gasteiger partial charge in [-0.25, -0.2) is 0 Å². The Morgan fingerprint density at radius 3 is 2.30 bits per heavy atom. The second kappa shape index (κ2) is 8.49. The molecule has 0 aliphatic carbocycles. The van der Waals surface area contributed by atoms with Gasteiger partial charge in [-0.15, -0.1) is 0 Å². The van der Waals surface area contributed by atoms with Gasteiger partial charge in [0, 0.05) is 11.7 Å². The summed E-state index contributed by atoms with van der Waals surface area (Å²) in [5.74, 6) is 0.375. The maximum atomic E-state index is 12.3. The van der Waals surface area contributed by atoms with E-state index in [4.69, 9.17) is 0 Å². The lowest BCUT2D eigenvalue weighted by Gasteiger charge is -2.18. The molecule has 0 spiro atoms. The second-order valence-electron chi connectivity index (χ2n) is 6.04. The Labute approximate surface area is 139 Å². The molecule has 0 aromatic heterocycles. The van der Waals surface area contributed by atoms with E-state index in [0.29, 0.717) is 12.5 Å². The van der Waals surface area contributed by atoms with Crippen LogP contribution in [0.3, 0.4) is 0 Å². The van der Waals surface area contributed by atoms with E-state index < -0.39 is 0 Å². The molecule has 3 nitrogen and oxygen atoms in total. The smallest absolute Gasteiger partial charge is 0.238 e. The molecule has 0 saturated carbocycles. The number of carbonyl (C=O) groups excluding carboxylic acids is 1. The summed E-state index contributed by atoms with van der Waals surface area (Å²) in [6.07, 6.45) is 0.944. The van der Waals surface area contributed by atoms with Gasteiger partial charge in [0.05, 0.1) is 6.54 Å². The van der Waals surface area contributed by atoms with Crippen molar-refractivity contribution in [2.75, 3.05) is 11.9 Å². The Bertz CT molecular complexity index is 623. The predicted octanol–water partition coefficient (Wildman–Crippen LogP) is 4.49. The molecule has 1 atom stereocenters. The maximum Gasteiger partial charge on any atom is 0.238 e. The van der Waals surface area contributed by atoms with Crippen LogP contribution in [0.25, 0.3) is 0 Å². The van der Waals surface area contributed by atoms with E-state index in [1.165, 1.54) is 5.56 Å². The first-order valence-electron chi connectivity index (χ1n) is 8.29. The van der Waals surface area contributed by atoms with Crippen molar-refractivity contribution in [3.63, 3.8) is 0 Å². The van der Waals surface area contributed by atoms with Crippen molar-refractivity contribution in [3.8, 4) is 0 Å². The molecule has 0 heterocycles. The molecule has 0 aliphatic rings. The molecule has 1 amide bonds. The van der Waals surface area contributed by atoms with E-state index in [-0.39, 0.29) is 11.9 Å². The third kappa shape index (κ3) is 4.93. The fourth-order valence-electron chi connectivity index (χ4n) is 2.71. The van der Waals surface area contributed by atoms with E-state index >= 15 is 0 Å². The van der Waals surface area contributed by atoms with Gasteiger partial charge in [-0.2, -0.15) is 0 Å². The molecule has 23 heavy (non-hydrogen) atoms. The first kappa shape index (κ1) is 17.2. The molecule has 0 bridgehead atoms. The number of para-hydroxylation sites is 1. The van der Waals surface area contributed by atoms with Crippen LogP contribution in [0.2, 0.25) is 0 Å². The summed E-state index contributed by atoms with van der Waals surface area (Å²) < 4.78 is 0. The topological polar surface area (TPSA) is 41.1 Å². The minimum absolute atomic E-state index is 0.00696. The SMILES string of the molecule is CCC(NCC(=O)Nc1ccccc1C(C)C)c1ccccc1. The molecule has 2 N–H and O–H groups in total. The molecule has 2 aromatic rings. The third-order valence-electron chi connectivity index (χ3n) is 3.98. The van der Waals surface area contributed by atoms with Crippen molar-refractivity contribution in [1.82, 2.24) is 5.32 Å². The normalized spacial score (nSPS) is 12.2. The van der Waals surface area contributed by atoms with E-state index in [1.807, 2.05) is 36.4 Å². The first-order chi connectivity index (χ1) is 11.1. The average molecular weight is 310 g/mol. The lowest BCUT2D eigenvalue weighted by atomic mass is 10.0. The fraction of sp³-hybridized carbons (Fsp3) is 0.350. The number of amides is 1. The Balaban J connectivity index is 1.95. The summed E-state index contributed by atoms with van der Waals surface area (Å²) in [7, 11) is 0. The van der Waals surface area contributed by atoms with Crippen molar-refractivity contribution < 1.29 is 4.79 Å². The van der Waals surface area contributed by atoms with Gasteiger partial charge in [-0.1, -0.05) is 69.3 Å². The van der Waals surface area contributed by atoms with Gasteiger partial charge in [0.25, 0.3) is 0 Å². The highest BCUT2D eigenvalue weighted by Gasteiger charge is 2.12. The zero-order chi connectivity index (χ0) is 16.7. The van der Waals surface area contributed by atoms with Gasteiger partial charge >= 0.3 is 0 Å². The zero-order valence-electron chi connectivity index (χ0n) is 14.2. The Morgan fingerprint density at radius 1 is 1.00 bits per heavy atom. The number of carbonyl (C=O) groups is 1. The van der Waals surface area contributed by atoms with Crippen LogP contribution >= 0.6 is 0 Å². The van der Waals surface area contributed by atoms with E-state index in [1.54, 1.807) is 0 Å². The van der Waals surface area contributed by atoms with Gasteiger partial charge in [-0.3, -0.25) is 4.79 Å². The van der Waals surface area contributed by atoms with Crippen LogP contribution in [0.4, 0.5) is 5.69 Å². The minimum atomic E-state index is -0.00696. The molecule has 0 saturated heterocycles. The summed E-state index contributed by atoms with van der Waals surface area (Å²) in [4.78, 5) is 12.3. The highest BCUT2D eigenvalue weighted by molar-refractivity contribution is 5.93. The molecular formula is C20H26N2O. The van der Waals surface area contributed by atoms with Gasteiger partial charge in [0.2, 0.25) is 5.91 Å². The van der Waals surface area contributed by atoms with Crippen LogP contribution in [0.5, 0.6) is 0 Å². The van der Waals surface area contributed by atoms with Gasteiger partial charge in [0.1, 0.15) is 0 Å². The summed E-state index contributed by atoms with van der Waals surface area (Å²) in [5.41, 5.74) is 3.28. The molecule has 2 rings (SSSR count). The standard InChI is InChI=1S/C20H26N2O/c1-4-18(16-10-6-5-7-11-16)21-14-20(23)22-19-13-9-8-12-17(19)15(2)3/h5-13,15,18,21H,4,14H2,1-3H3,(H,22,23). The van der Waals surface area contributed by atoms with Crippen molar-refractivity contribution in [2.24, 2.45) is 0 Å². The lowest BCUT2D eigenvalue weighted by Crippen LogP contribution is -2.31. The monoisotopic (exact) mass is 310 g/mol. The number of benzene rings is 2. The van der Waals surface area contributed by atoms with Crippen LogP contribution in [0, 0.1) is 0 Å². The molecule has 2 aromatic carbocycles. The molecule has 3 heteroatoms. The van der Waals surface area contributed by atoms with Crippen molar-refractivity contribution in [3.05, 3.63) is 65.7 Å². The molecule has 0 radical (unpaired) electrons. The highest BCUT2D eigenvalue weighted by Crippen LogP contribution is 2.23. The largest absolute Gasteiger partial charge is 0.325 e. The van der Waals surface area contributed by atoms with Crippen LogP contribution in [-0.2, 0) is 4.79 Å². The van der Waals surface area contributed by atoms with Crippen molar-refractivity contribution in [1.29, 1.82) is 0 Å². The number of nitrogens with one attached hydrogen (secondary N) is 2. The fourth-order valence-corrected chi connectivity index (χ4v) is 2.71. The Hall–Kier alpha value is -2.13. The molecule has 0 fully saturated rings. The molecule has 0 aliphatic heterocycles. The Kier molecular flexibility index (Phi) is 6.36. The van der Waals surface area contributed by atoms with E-state index in [0.717, 1.165) is 17.7 Å².